The molecule has 0 spiro atoms. The van der Waals surface area contributed by atoms with Gasteiger partial charge in [-0.15, -0.1) is 0 Å². The van der Waals surface area contributed by atoms with Gasteiger partial charge < -0.3 is 18.6 Å². The van der Waals surface area contributed by atoms with Crippen molar-refractivity contribution in [1.29, 1.82) is 0 Å². The average molecular weight is 837 g/mol. The number of benzene rings is 10. The standard InChI is InChI=1S/C60H34B2N2O2/c1-3-15-35(16-4-1)40-34-54-56-59-55(40)43-31-37(28-30-49(43)64(59)51-25-13-8-20-44(51)61(56)46-22-10-14-26-52(46)65-54)38-27-29-47-53(32-38)66-60-41(36-17-5-2-6-18-36)33-42-39-19-7-11-23-48(39)63-50-24-12-9-21-45(50)62(47)57(60)58(42)63/h1-34H. The minimum atomic E-state index is -0.000917. The first-order valence-electron chi connectivity index (χ1n) is 22.9. The number of nitrogens with zero attached hydrogens (tertiary/aromatic N) is 2. The summed E-state index contributed by atoms with van der Waals surface area (Å²) in [6.07, 6.45) is 0. The normalized spacial score (nSPS) is 13.3. The molecule has 6 heteroatoms. The second-order valence-electron chi connectivity index (χ2n) is 18.3. The van der Waals surface area contributed by atoms with Gasteiger partial charge >= 0.3 is 0 Å². The van der Waals surface area contributed by atoms with E-state index in [2.05, 4.69) is 215 Å². The zero-order valence-electron chi connectivity index (χ0n) is 35.5. The molecule has 0 radical (unpaired) electrons. The Balaban J connectivity index is 0.946. The van der Waals surface area contributed by atoms with E-state index in [1.54, 1.807) is 0 Å². The van der Waals surface area contributed by atoms with Gasteiger partial charge in [0.2, 0.25) is 0 Å². The number of para-hydroxylation sites is 4. The Morgan fingerprint density at radius 2 is 0.924 bits per heavy atom. The van der Waals surface area contributed by atoms with Crippen LogP contribution in [0, 0.1) is 0 Å². The fourth-order valence-electron chi connectivity index (χ4n) is 12.4. The molecule has 0 atom stereocenters. The van der Waals surface area contributed by atoms with Crippen molar-refractivity contribution in [3.8, 4) is 67.8 Å². The fraction of sp³-hybridized carbons (Fsp3) is 0. The van der Waals surface area contributed by atoms with E-state index in [1.165, 1.54) is 98.9 Å². The highest BCUT2D eigenvalue weighted by Crippen LogP contribution is 2.47. The highest BCUT2D eigenvalue weighted by atomic mass is 16.5. The lowest BCUT2D eigenvalue weighted by atomic mass is 9.34. The lowest BCUT2D eigenvalue weighted by Crippen LogP contribution is -2.58. The van der Waals surface area contributed by atoms with Gasteiger partial charge in [0.25, 0.3) is 13.4 Å². The van der Waals surface area contributed by atoms with Crippen LogP contribution in [-0.2, 0) is 0 Å². The van der Waals surface area contributed by atoms with Crippen LogP contribution in [0.4, 0.5) is 0 Å². The molecule has 12 aromatic rings. The van der Waals surface area contributed by atoms with Gasteiger partial charge in [-0.05, 0) is 115 Å². The minimum Gasteiger partial charge on any atom is -0.458 e. The Bertz CT molecular complexity index is 4130. The molecule has 0 fully saturated rings. The van der Waals surface area contributed by atoms with Gasteiger partial charge in [-0.25, -0.2) is 0 Å². The van der Waals surface area contributed by atoms with Crippen molar-refractivity contribution in [2.24, 2.45) is 0 Å². The quantitative estimate of drug-likeness (QED) is 0.166. The molecular weight excluding hydrogens is 802 g/mol. The Morgan fingerprint density at radius 3 is 1.71 bits per heavy atom. The predicted octanol–water partition coefficient (Wildman–Crippen LogP) is 10.8. The summed E-state index contributed by atoms with van der Waals surface area (Å²) >= 11 is 0. The Morgan fingerprint density at radius 1 is 0.333 bits per heavy atom. The van der Waals surface area contributed by atoms with Crippen molar-refractivity contribution < 1.29 is 9.47 Å². The molecular formula is C60H34B2N2O2. The molecule has 6 heterocycles. The molecule has 0 bridgehead atoms. The van der Waals surface area contributed by atoms with Crippen molar-refractivity contribution in [3.63, 3.8) is 0 Å². The Kier molecular flexibility index (Phi) is 6.68. The second kappa shape index (κ2) is 12.6. The third kappa shape index (κ3) is 4.41. The van der Waals surface area contributed by atoms with Crippen molar-refractivity contribution in [2.45, 2.75) is 0 Å². The molecule has 0 saturated carbocycles. The number of aromatic nitrogens is 2. The molecule has 66 heavy (non-hydrogen) atoms. The molecule has 0 saturated heterocycles. The number of hydrogen-bond acceptors (Lipinski definition) is 2. The van der Waals surface area contributed by atoms with E-state index in [4.69, 9.17) is 9.47 Å². The first-order valence-corrected chi connectivity index (χ1v) is 22.9. The molecule has 16 rings (SSSR count). The van der Waals surface area contributed by atoms with Gasteiger partial charge in [0.1, 0.15) is 23.0 Å². The van der Waals surface area contributed by atoms with Gasteiger partial charge in [0.05, 0.1) is 22.1 Å². The summed E-state index contributed by atoms with van der Waals surface area (Å²) in [6.45, 7) is 0.0533. The van der Waals surface area contributed by atoms with Gasteiger partial charge in [0.15, 0.2) is 0 Å². The number of ether oxygens (including phenoxy) is 2. The molecule has 2 aromatic heterocycles. The zero-order chi connectivity index (χ0) is 42.8. The lowest BCUT2D eigenvalue weighted by Gasteiger charge is -2.34. The molecule has 0 aliphatic carbocycles. The molecule has 0 amide bonds. The summed E-state index contributed by atoms with van der Waals surface area (Å²) in [5.74, 6) is 3.68. The molecule has 4 aliphatic rings. The van der Waals surface area contributed by atoms with Crippen LogP contribution in [0.2, 0.25) is 0 Å². The van der Waals surface area contributed by atoms with Crippen LogP contribution < -0.4 is 42.3 Å². The summed E-state index contributed by atoms with van der Waals surface area (Å²) in [4.78, 5) is 0. The van der Waals surface area contributed by atoms with Gasteiger partial charge in [0, 0.05) is 38.5 Å². The smallest absolute Gasteiger partial charge is 0.256 e. The third-order valence-corrected chi connectivity index (χ3v) is 15.0. The molecule has 10 aromatic carbocycles. The van der Waals surface area contributed by atoms with Crippen molar-refractivity contribution in [2.75, 3.05) is 0 Å². The van der Waals surface area contributed by atoms with E-state index in [0.29, 0.717) is 0 Å². The number of hydrogen-bond donors (Lipinski definition) is 0. The molecule has 4 nitrogen and oxygen atoms in total. The maximum Gasteiger partial charge on any atom is 0.256 e. The first kappa shape index (κ1) is 34.9. The van der Waals surface area contributed by atoms with Crippen LogP contribution in [0.1, 0.15) is 0 Å². The van der Waals surface area contributed by atoms with Gasteiger partial charge in [-0.3, -0.25) is 0 Å². The van der Waals surface area contributed by atoms with E-state index in [9.17, 15) is 0 Å². The van der Waals surface area contributed by atoms with Crippen LogP contribution in [0.5, 0.6) is 23.0 Å². The molecule has 302 valence electrons. The Hall–Kier alpha value is -8.47. The van der Waals surface area contributed by atoms with Crippen molar-refractivity contribution in [3.05, 3.63) is 206 Å². The van der Waals surface area contributed by atoms with Crippen molar-refractivity contribution >= 4 is 89.8 Å². The average Bonchev–Trinajstić information content (AvgIpc) is 3.91. The minimum absolute atomic E-state index is 0.000917. The second-order valence-corrected chi connectivity index (χ2v) is 18.3. The van der Waals surface area contributed by atoms with E-state index in [-0.39, 0.29) is 13.4 Å². The van der Waals surface area contributed by atoms with E-state index in [1.807, 2.05) is 0 Å². The largest absolute Gasteiger partial charge is 0.458 e. The van der Waals surface area contributed by atoms with Crippen LogP contribution in [0.3, 0.4) is 0 Å². The zero-order valence-corrected chi connectivity index (χ0v) is 35.5. The number of rotatable bonds is 3. The maximum absolute atomic E-state index is 7.36. The van der Waals surface area contributed by atoms with Crippen molar-refractivity contribution in [1.82, 2.24) is 9.13 Å². The van der Waals surface area contributed by atoms with Crippen LogP contribution in [-0.4, -0.2) is 22.6 Å². The van der Waals surface area contributed by atoms with E-state index >= 15 is 0 Å². The summed E-state index contributed by atoms with van der Waals surface area (Å²) in [6, 6.07) is 75.5. The molecule has 0 unspecified atom stereocenters. The van der Waals surface area contributed by atoms with E-state index < -0.39 is 0 Å². The Labute approximate surface area is 380 Å². The fourth-order valence-corrected chi connectivity index (χ4v) is 12.4. The van der Waals surface area contributed by atoms with Crippen LogP contribution in [0.15, 0.2) is 206 Å². The number of fused-ring (bicyclic) bond motifs is 16. The highest BCUT2D eigenvalue weighted by molar-refractivity contribution is 7.00. The molecule has 4 aliphatic heterocycles. The lowest BCUT2D eigenvalue weighted by molar-refractivity contribution is 0.488. The van der Waals surface area contributed by atoms with E-state index in [0.717, 1.165) is 45.3 Å². The molecule has 0 N–H and O–H groups in total. The monoisotopic (exact) mass is 836 g/mol. The summed E-state index contributed by atoms with van der Waals surface area (Å²) in [7, 11) is 0. The summed E-state index contributed by atoms with van der Waals surface area (Å²) in [5, 5.41) is 4.96. The van der Waals surface area contributed by atoms with Crippen LogP contribution >= 0.6 is 0 Å². The maximum atomic E-state index is 7.36. The van der Waals surface area contributed by atoms with Crippen LogP contribution in [0.25, 0.3) is 88.4 Å². The third-order valence-electron chi connectivity index (χ3n) is 15.0. The van der Waals surface area contributed by atoms with Gasteiger partial charge in [-0.2, -0.15) is 0 Å². The summed E-state index contributed by atoms with van der Waals surface area (Å²) < 4.78 is 19.2. The summed E-state index contributed by atoms with van der Waals surface area (Å²) in [5.41, 5.74) is 21.6. The topological polar surface area (TPSA) is 28.3 Å². The predicted molar refractivity (Wildman–Crippen MR) is 274 cm³/mol. The highest BCUT2D eigenvalue weighted by Gasteiger charge is 2.43. The SMILES string of the molecule is c1ccc(-c2cc3c4ccccc4n4c3c3c2Oc2cc(-c5ccc6c(c5)c5c(-c7ccccc7)cc7c8c5n6-c5ccccc5B8c5ccccc5O7)ccc2B3c2ccccc2-4)cc1. The first-order chi connectivity index (χ1) is 32.8. The van der Waals surface area contributed by atoms with Gasteiger partial charge in [-0.1, -0.05) is 152 Å².